The number of nitrogens with zero attached hydrogens (tertiary/aromatic N) is 3. The number of carbonyl (C=O) groups is 1. The van der Waals surface area contributed by atoms with Gasteiger partial charge in [-0.25, -0.2) is 4.68 Å². The standard InChI is InChI=1S/C24H21ClN4O/c1-16-7-8-17(2)22(13-16)29-23(24(30)27-15-18-9-11-26-12-10-18)14-21(28-29)19-5-3-4-6-20(19)25/h3-14H,15H2,1-2H3,(H,27,30). The van der Waals surface area contributed by atoms with E-state index in [2.05, 4.69) is 10.3 Å². The maximum atomic E-state index is 13.1. The van der Waals surface area contributed by atoms with Crippen molar-refractivity contribution in [3.8, 4) is 16.9 Å². The van der Waals surface area contributed by atoms with Crippen molar-refractivity contribution in [2.45, 2.75) is 20.4 Å². The molecule has 30 heavy (non-hydrogen) atoms. The van der Waals surface area contributed by atoms with E-state index in [-0.39, 0.29) is 5.91 Å². The van der Waals surface area contributed by atoms with Crippen molar-refractivity contribution in [1.29, 1.82) is 0 Å². The van der Waals surface area contributed by atoms with Crippen LogP contribution in [0.5, 0.6) is 0 Å². The smallest absolute Gasteiger partial charge is 0.270 e. The molecule has 0 aliphatic carbocycles. The summed E-state index contributed by atoms with van der Waals surface area (Å²) < 4.78 is 1.70. The van der Waals surface area contributed by atoms with Crippen molar-refractivity contribution in [3.63, 3.8) is 0 Å². The van der Waals surface area contributed by atoms with Crippen LogP contribution in [0, 0.1) is 13.8 Å². The molecule has 0 saturated carbocycles. The number of halogens is 1. The van der Waals surface area contributed by atoms with E-state index in [0.717, 1.165) is 27.9 Å². The number of carbonyl (C=O) groups excluding carboxylic acids is 1. The fourth-order valence-corrected chi connectivity index (χ4v) is 3.48. The second kappa shape index (κ2) is 8.51. The molecule has 0 aliphatic heterocycles. The zero-order valence-corrected chi connectivity index (χ0v) is 17.5. The Kier molecular flexibility index (Phi) is 5.63. The minimum absolute atomic E-state index is 0.210. The summed E-state index contributed by atoms with van der Waals surface area (Å²) in [6.45, 7) is 4.43. The van der Waals surface area contributed by atoms with Gasteiger partial charge in [-0.05, 0) is 60.9 Å². The van der Waals surface area contributed by atoms with E-state index in [9.17, 15) is 4.79 Å². The first-order chi connectivity index (χ1) is 14.5. The van der Waals surface area contributed by atoms with Gasteiger partial charge in [0.1, 0.15) is 5.69 Å². The van der Waals surface area contributed by atoms with Gasteiger partial charge in [-0.2, -0.15) is 5.10 Å². The van der Waals surface area contributed by atoms with Crippen LogP contribution in [0.3, 0.4) is 0 Å². The first-order valence-corrected chi connectivity index (χ1v) is 10.0. The van der Waals surface area contributed by atoms with E-state index in [4.69, 9.17) is 16.7 Å². The second-order valence-corrected chi connectivity index (χ2v) is 7.54. The Morgan fingerprint density at radius 1 is 1.03 bits per heavy atom. The van der Waals surface area contributed by atoms with Crippen LogP contribution in [0.1, 0.15) is 27.2 Å². The van der Waals surface area contributed by atoms with Crippen LogP contribution >= 0.6 is 11.6 Å². The molecule has 0 spiro atoms. The predicted molar refractivity (Wildman–Crippen MR) is 119 cm³/mol. The molecule has 4 rings (SSSR count). The Morgan fingerprint density at radius 2 is 1.80 bits per heavy atom. The predicted octanol–water partition coefficient (Wildman–Crippen LogP) is 5.13. The average Bonchev–Trinajstić information content (AvgIpc) is 3.20. The molecule has 2 aromatic heterocycles. The highest BCUT2D eigenvalue weighted by atomic mass is 35.5. The summed E-state index contributed by atoms with van der Waals surface area (Å²) in [5.74, 6) is -0.210. The maximum Gasteiger partial charge on any atom is 0.270 e. The Balaban J connectivity index is 1.76. The van der Waals surface area contributed by atoms with Crippen molar-refractivity contribution in [2.75, 3.05) is 0 Å². The maximum absolute atomic E-state index is 13.1. The summed E-state index contributed by atoms with van der Waals surface area (Å²) in [5.41, 5.74) is 5.84. The quantitative estimate of drug-likeness (QED) is 0.490. The van der Waals surface area contributed by atoms with Gasteiger partial charge in [0.25, 0.3) is 5.91 Å². The highest BCUT2D eigenvalue weighted by molar-refractivity contribution is 6.33. The van der Waals surface area contributed by atoms with Gasteiger partial charge in [0, 0.05) is 24.5 Å². The number of hydrogen-bond donors (Lipinski definition) is 1. The van der Waals surface area contributed by atoms with Gasteiger partial charge >= 0.3 is 0 Å². The number of pyridine rings is 1. The van der Waals surface area contributed by atoms with Crippen LogP contribution in [-0.4, -0.2) is 20.7 Å². The Hall–Kier alpha value is -3.44. The van der Waals surface area contributed by atoms with E-state index >= 15 is 0 Å². The van der Waals surface area contributed by atoms with E-state index in [1.165, 1.54) is 0 Å². The number of amides is 1. The third-order valence-electron chi connectivity index (χ3n) is 4.89. The highest BCUT2D eigenvalue weighted by Crippen LogP contribution is 2.29. The molecule has 0 unspecified atom stereocenters. The van der Waals surface area contributed by atoms with E-state index in [1.807, 2.05) is 68.4 Å². The fraction of sp³-hybridized carbons (Fsp3) is 0.125. The lowest BCUT2D eigenvalue weighted by Crippen LogP contribution is -2.25. The largest absolute Gasteiger partial charge is 0.347 e. The molecule has 2 heterocycles. The molecule has 4 aromatic rings. The Labute approximate surface area is 180 Å². The fourth-order valence-electron chi connectivity index (χ4n) is 3.25. The second-order valence-electron chi connectivity index (χ2n) is 7.13. The lowest BCUT2D eigenvalue weighted by molar-refractivity contribution is 0.0943. The minimum atomic E-state index is -0.210. The SMILES string of the molecule is Cc1ccc(C)c(-n2nc(-c3ccccc3Cl)cc2C(=O)NCc2ccncc2)c1. The molecule has 5 nitrogen and oxygen atoms in total. The number of aryl methyl sites for hydroxylation is 2. The number of rotatable bonds is 5. The molecule has 0 saturated heterocycles. The summed E-state index contributed by atoms with van der Waals surface area (Å²) in [4.78, 5) is 17.1. The number of aromatic nitrogens is 3. The Bertz CT molecular complexity index is 1200. The van der Waals surface area contributed by atoms with E-state index in [0.29, 0.717) is 23.0 Å². The number of benzene rings is 2. The van der Waals surface area contributed by atoms with Crippen molar-refractivity contribution < 1.29 is 4.79 Å². The van der Waals surface area contributed by atoms with E-state index in [1.54, 1.807) is 23.1 Å². The lowest BCUT2D eigenvalue weighted by Gasteiger charge is -2.11. The first kappa shape index (κ1) is 19.9. The summed E-state index contributed by atoms with van der Waals surface area (Å²) in [5, 5.41) is 8.32. The zero-order valence-electron chi connectivity index (χ0n) is 16.8. The lowest BCUT2D eigenvalue weighted by atomic mass is 10.1. The van der Waals surface area contributed by atoms with Crippen molar-refractivity contribution in [3.05, 3.63) is 100 Å². The van der Waals surface area contributed by atoms with Crippen LogP contribution in [0.15, 0.2) is 73.1 Å². The number of hydrogen-bond acceptors (Lipinski definition) is 3. The molecule has 0 fully saturated rings. The molecule has 6 heteroatoms. The monoisotopic (exact) mass is 416 g/mol. The van der Waals surface area contributed by atoms with Crippen molar-refractivity contribution in [1.82, 2.24) is 20.1 Å². The molecule has 1 N–H and O–H groups in total. The minimum Gasteiger partial charge on any atom is -0.347 e. The zero-order chi connectivity index (χ0) is 21.1. The summed E-state index contributed by atoms with van der Waals surface area (Å²) in [6, 6.07) is 19.1. The Morgan fingerprint density at radius 3 is 2.57 bits per heavy atom. The molecule has 150 valence electrons. The molecule has 0 aliphatic rings. The van der Waals surface area contributed by atoms with Crippen LogP contribution < -0.4 is 5.32 Å². The molecular formula is C24H21ClN4O. The van der Waals surface area contributed by atoms with Gasteiger partial charge in [0.05, 0.1) is 16.4 Å². The van der Waals surface area contributed by atoms with Crippen LogP contribution in [0.2, 0.25) is 5.02 Å². The molecule has 2 aromatic carbocycles. The van der Waals surface area contributed by atoms with Gasteiger partial charge in [0.2, 0.25) is 0 Å². The highest BCUT2D eigenvalue weighted by Gasteiger charge is 2.19. The third-order valence-corrected chi connectivity index (χ3v) is 5.22. The van der Waals surface area contributed by atoms with Gasteiger partial charge in [-0.1, -0.05) is 41.9 Å². The summed E-state index contributed by atoms with van der Waals surface area (Å²) in [7, 11) is 0. The molecular weight excluding hydrogens is 396 g/mol. The normalized spacial score (nSPS) is 10.8. The van der Waals surface area contributed by atoms with Crippen LogP contribution in [0.4, 0.5) is 0 Å². The number of nitrogens with one attached hydrogen (secondary N) is 1. The molecule has 0 atom stereocenters. The topological polar surface area (TPSA) is 59.8 Å². The summed E-state index contributed by atoms with van der Waals surface area (Å²) >= 11 is 6.39. The van der Waals surface area contributed by atoms with Gasteiger partial charge in [-0.15, -0.1) is 0 Å². The van der Waals surface area contributed by atoms with Gasteiger partial charge in [-0.3, -0.25) is 9.78 Å². The van der Waals surface area contributed by atoms with E-state index < -0.39 is 0 Å². The third kappa shape index (κ3) is 4.11. The molecule has 1 amide bonds. The average molecular weight is 417 g/mol. The molecule has 0 bridgehead atoms. The van der Waals surface area contributed by atoms with Crippen molar-refractivity contribution in [2.24, 2.45) is 0 Å². The summed E-state index contributed by atoms with van der Waals surface area (Å²) in [6.07, 6.45) is 3.41. The first-order valence-electron chi connectivity index (χ1n) is 9.62. The van der Waals surface area contributed by atoms with Crippen LogP contribution in [-0.2, 0) is 6.54 Å². The van der Waals surface area contributed by atoms with Crippen LogP contribution in [0.25, 0.3) is 16.9 Å². The molecule has 0 radical (unpaired) electrons. The van der Waals surface area contributed by atoms with Gasteiger partial charge in [0.15, 0.2) is 0 Å². The van der Waals surface area contributed by atoms with Crippen molar-refractivity contribution >= 4 is 17.5 Å². The van der Waals surface area contributed by atoms with Gasteiger partial charge < -0.3 is 5.32 Å².